The Balaban J connectivity index is 2.00. The normalized spacial score (nSPS) is 17.6. The minimum Gasteiger partial charge on any atom is -0.376 e. The molecule has 1 N–H and O–H groups in total. The van der Waals surface area contributed by atoms with E-state index in [0.717, 1.165) is 30.0 Å². The van der Waals surface area contributed by atoms with Crippen molar-refractivity contribution in [2.45, 2.75) is 60.0 Å². The molecule has 1 aromatic rings. The first-order valence-corrected chi connectivity index (χ1v) is 9.59. The minimum absolute atomic E-state index is 0.00958. The third-order valence-electron chi connectivity index (χ3n) is 4.09. The van der Waals surface area contributed by atoms with Gasteiger partial charge in [0.2, 0.25) is 11.8 Å². The van der Waals surface area contributed by atoms with Crippen molar-refractivity contribution in [1.29, 1.82) is 0 Å². The van der Waals surface area contributed by atoms with Gasteiger partial charge < -0.3 is 15.0 Å². The Morgan fingerprint density at radius 1 is 1.36 bits per heavy atom. The first kappa shape index (κ1) is 19.8. The number of aromatic nitrogens is 1. The second-order valence-electron chi connectivity index (χ2n) is 7.86. The van der Waals surface area contributed by atoms with E-state index in [1.807, 2.05) is 34.6 Å². The monoisotopic (exact) mass is 367 g/mol. The summed E-state index contributed by atoms with van der Waals surface area (Å²) >= 11 is 1.45. The van der Waals surface area contributed by atoms with Crippen LogP contribution in [0, 0.1) is 19.3 Å². The van der Waals surface area contributed by atoms with Crippen LogP contribution in [0.2, 0.25) is 0 Å². The maximum atomic E-state index is 12.7. The number of hydrogen-bond acceptors (Lipinski definition) is 5. The van der Waals surface area contributed by atoms with E-state index in [1.54, 1.807) is 4.90 Å². The molecule has 1 atom stereocenters. The fraction of sp³-hybridized carbons (Fsp3) is 0.722. The third kappa shape index (κ3) is 6.40. The summed E-state index contributed by atoms with van der Waals surface area (Å²) in [4.78, 5) is 32.1. The van der Waals surface area contributed by atoms with Crippen molar-refractivity contribution in [2.75, 3.05) is 25.0 Å². The maximum absolute atomic E-state index is 12.7. The highest BCUT2D eigenvalue weighted by Crippen LogP contribution is 2.23. The molecule has 140 valence electrons. The average molecular weight is 368 g/mol. The van der Waals surface area contributed by atoms with Gasteiger partial charge in [-0.05, 0) is 32.1 Å². The molecule has 1 aliphatic rings. The number of thiazole rings is 1. The second-order valence-corrected chi connectivity index (χ2v) is 9.06. The molecule has 0 bridgehead atoms. The standard InChI is InChI=1S/C18H29N3O3S/c1-12-13(2)25-17(19-12)20-15(22)11-21(10-14-7-6-8-24-14)16(23)9-18(3,4)5/h14H,6-11H2,1-5H3,(H,19,20,22). The van der Waals surface area contributed by atoms with Crippen LogP contribution < -0.4 is 5.32 Å². The van der Waals surface area contributed by atoms with Crippen LogP contribution in [0.5, 0.6) is 0 Å². The number of rotatable bonds is 6. The van der Waals surface area contributed by atoms with Crippen LogP contribution in [0.1, 0.15) is 50.6 Å². The molecule has 1 fully saturated rings. The average Bonchev–Trinajstić information content (AvgIpc) is 3.07. The molecule has 25 heavy (non-hydrogen) atoms. The Kier molecular flexibility index (Phi) is 6.57. The van der Waals surface area contributed by atoms with Crippen molar-refractivity contribution in [3.05, 3.63) is 10.6 Å². The number of hydrogen-bond donors (Lipinski definition) is 1. The van der Waals surface area contributed by atoms with Gasteiger partial charge in [-0.1, -0.05) is 20.8 Å². The molecule has 2 rings (SSSR count). The zero-order valence-corrected chi connectivity index (χ0v) is 16.7. The lowest BCUT2D eigenvalue weighted by Crippen LogP contribution is -2.43. The fourth-order valence-electron chi connectivity index (χ4n) is 2.71. The van der Waals surface area contributed by atoms with Crippen LogP contribution in [0.3, 0.4) is 0 Å². The van der Waals surface area contributed by atoms with E-state index in [1.165, 1.54) is 11.3 Å². The second kappa shape index (κ2) is 8.27. The molecule has 2 amide bonds. The fourth-order valence-corrected chi connectivity index (χ4v) is 3.54. The van der Waals surface area contributed by atoms with Gasteiger partial charge in [0.05, 0.1) is 11.8 Å². The number of nitrogens with one attached hydrogen (secondary N) is 1. The van der Waals surface area contributed by atoms with Crippen LogP contribution in [0.25, 0.3) is 0 Å². The van der Waals surface area contributed by atoms with E-state index < -0.39 is 0 Å². The Labute approximate surface area is 154 Å². The molecule has 1 aromatic heterocycles. The molecule has 0 radical (unpaired) electrons. The summed E-state index contributed by atoms with van der Waals surface area (Å²) in [7, 11) is 0. The lowest BCUT2D eigenvalue weighted by atomic mass is 9.91. The van der Waals surface area contributed by atoms with Crippen molar-refractivity contribution in [3.63, 3.8) is 0 Å². The van der Waals surface area contributed by atoms with Crippen molar-refractivity contribution >= 4 is 28.3 Å². The molecule has 0 spiro atoms. The van der Waals surface area contributed by atoms with E-state index in [9.17, 15) is 9.59 Å². The lowest BCUT2D eigenvalue weighted by molar-refractivity contribution is -0.137. The SMILES string of the molecule is Cc1nc(NC(=O)CN(CC2CCCO2)C(=O)CC(C)(C)C)sc1C. The number of carbonyl (C=O) groups is 2. The van der Waals surface area contributed by atoms with Crippen LogP contribution in [-0.2, 0) is 14.3 Å². The summed E-state index contributed by atoms with van der Waals surface area (Å²) in [5, 5.41) is 3.39. The van der Waals surface area contributed by atoms with E-state index in [4.69, 9.17) is 4.74 Å². The number of nitrogens with zero attached hydrogens (tertiary/aromatic N) is 2. The Hall–Kier alpha value is -1.47. The van der Waals surface area contributed by atoms with Crippen LogP contribution in [0.4, 0.5) is 5.13 Å². The molecule has 0 aliphatic carbocycles. The summed E-state index contributed by atoms with van der Waals surface area (Å²) in [5.74, 6) is -0.223. The molecule has 1 unspecified atom stereocenters. The molecule has 7 heteroatoms. The van der Waals surface area contributed by atoms with Crippen molar-refractivity contribution in [2.24, 2.45) is 5.41 Å². The largest absolute Gasteiger partial charge is 0.376 e. The molecular weight excluding hydrogens is 338 g/mol. The molecule has 2 heterocycles. The molecule has 1 aliphatic heterocycles. The van der Waals surface area contributed by atoms with Gasteiger partial charge in [0, 0.05) is 24.4 Å². The van der Waals surface area contributed by atoms with Gasteiger partial charge in [0.25, 0.3) is 0 Å². The summed E-state index contributed by atoms with van der Waals surface area (Å²) < 4.78 is 5.65. The van der Waals surface area contributed by atoms with Gasteiger partial charge in [0.15, 0.2) is 5.13 Å². The van der Waals surface area contributed by atoms with Crippen molar-refractivity contribution in [1.82, 2.24) is 9.88 Å². The lowest BCUT2D eigenvalue weighted by Gasteiger charge is -2.28. The zero-order chi connectivity index (χ0) is 18.6. The third-order valence-corrected chi connectivity index (χ3v) is 5.08. The van der Waals surface area contributed by atoms with E-state index in [2.05, 4.69) is 10.3 Å². The van der Waals surface area contributed by atoms with Crippen molar-refractivity contribution in [3.8, 4) is 0 Å². The molecule has 6 nitrogen and oxygen atoms in total. The number of amides is 2. The molecular formula is C18H29N3O3S. The summed E-state index contributed by atoms with van der Waals surface area (Å²) in [5.41, 5.74) is 0.798. The van der Waals surface area contributed by atoms with Gasteiger partial charge in [0.1, 0.15) is 6.54 Å². The van der Waals surface area contributed by atoms with E-state index >= 15 is 0 Å². The first-order chi connectivity index (χ1) is 11.6. The predicted octanol–water partition coefficient (Wildman–Crippen LogP) is 3.14. The van der Waals surface area contributed by atoms with Crippen LogP contribution >= 0.6 is 11.3 Å². The zero-order valence-electron chi connectivity index (χ0n) is 15.8. The number of anilines is 1. The van der Waals surface area contributed by atoms with Gasteiger partial charge in [-0.2, -0.15) is 0 Å². The smallest absolute Gasteiger partial charge is 0.245 e. The maximum Gasteiger partial charge on any atom is 0.245 e. The quantitative estimate of drug-likeness (QED) is 0.838. The van der Waals surface area contributed by atoms with Crippen LogP contribution in [-0.4, -0.2) is 47.5 Å². The minimum atomic E-state index is -0.214. The molecule has 1 saturated heterocycles. The van der Waals surface area contributed by atoms with Gasteiger partial charge in [-0.15, -0.1) is 11.3 Å². The topological polar surface area (TPSA) is 71.5 Å². The summed E-state index contributed by atoms with van der Waals surface area (Å²) in [6, 6.07) is 0. The summed E-state index contributed by atoms with van der Waals surface area (Å²) in [6.45, 7) is 11.2. The van der Waals surface area contributed by atoms with Gasteiger partial charge in [-0.3, -0.25) is 9.59 Å². The number of ether oxygens (including phenoxy) is 1. The Bertz CT molecular complexity index is 596. The molecule has 0 aromatic carbocycles. The number of carbonyl (C=O) groups excluding carboxylic acids is 2. The highest BCUT2D eigenvalue weighted by molar-refractivity contribution is 7.15. The first-order valence-electron chi connectivity index (χ1n) is 8.77. The highest BCUT2D eigenvalue weighted by atomic mass is 32.1. The molecule has 0 saturated carbocycles. The number of aryl methyl sites for hydroxylation is 2. The summed E-state index contributed by atoms with van der Waals surface area (Å²) in [6.07, 6.45) is 2.38. The Morgan fingerprint density at radius 2 is 2.08 bits per heavy atom. The van der Waals surface area contributed by atoms with Gasteiger partial charge in [-0.25, -0.2) is 4.98 Å². The highest BCUT2D eigenvalue weighted by Gasteiger charge is 2.27. The van der Waals surface area contributed by atoms with E-state index in [0.29, 0.717) is 18.1 Å². The Morgan fingerprint density at radius 3 is 2.60 bits per heavy atom. The van der Waals surface area contributed by atoms with E-state index in [-0.39, 0.29) is 29.9 Å². The van der Waals surface area contributed by atoms with Crippen LogP contribution in [0.15, 0.2) is 0 Å². The predicted molar refractivity (Wildman–Crippen MR) is 99.8 cm³/mol. The van der Waals surface area contributed by atoms with Gasteiger partial charge >= 0.3 is 0 Å². The van der Waals surface area contributed by atoms with Crippen molar-refractivity contribution < 1.29 is 14.3 Å².